The van der Waals surface area contributed by atoms with E-state index in [0.717, 1.165) is 24.5 Å². The molecule has 0 amide bonds. The van der Waals surface area contributed by atoms with E-state index >= 15 is 0 Å². The minimum absolute atomic E-state index is 0.112. The van der Waals surface area contributed by atoms with Crippen molar-refractivity contribution in [2.45, 2.75) is 0 Å². The lowest BCUT2D eigenvalue weighted by atomic mass is 10.1. The maximum atomic E-state index is 12.7. The van der Waals surface area contributed by atoms with Gasteiger partial charge in [0, 0.05) is 18.0 Å². The van der Waals surface area contributed by atoms with Crippen molar-refractivity contribution in [1.29, 1.82) is 0 Å². The third-order valence-corrected chi connectivity index (χ3v) is 2.15. The average molecular weight is 236 g/mol. The summed E-state index contributed by atoms with van der Waals surface area (Å²) in [6, 6.07) is 4.94. The maximum Gasteiger partial charge on any atom is 0.411 e. The van der Waals surface area contributed by atoms with Crippen molar-refractivity contribution in [3.8, 4) is 11.3 Å². The number of nitrogens with zero attached hydrogens (tertiary/aromatic N) is 2. The summed E-state index contributed by atoms with van der Waals surface area (Å²) in [4.78, 5) is 25.9. The van der Waals surface area contributed by atoms with Gasteiger partial charge < -0.3 is 0 Å². The van der Waals surface area contributed by atoms with Crippen LogP contribution in [0.1, 0.15) is 0 Å². The minimum atomic E-state index is -1.89. The topological polar surface area (TPSA) is 52.0 Å². The summed E-state index contributed by atoms with van der Waals surface area (Å²) in [5.74, 6) is -0.466. The normalized spacial score (nSPS) is 10.2. The Kier molecular flexibility index (Phi) is 2.78. The van der Waals surface area contributed by atoms with Crippen molar-refractivity contribution in [2.75, 3.05) is 0 Å². The SMILES string of the molecule is O=C(F)n1ccnc(-c2ccc(F)cc2)c1=O. The molecule has 17 heavy (non-hydrogen) atoms. The zero-order chi connectivity index (χ0) is 12.4. The van der Waals surface area contributed by atoms with Crippen LogP contribution in [0.4, 0.5) is 13.6 Å². The Morgan fingerprint density at radius 3 is 2.47 bits per heavy atom. The standard InChI is InChI=1S/C11H6F2N2O2/c12-8-3-1-7(2-4-8)9-10(16)15(11(13)17)6-5-14-9/h1-6H. The fraction of sp³-hybridized carbons (Fsp3) is 0. The van der Waals surface area contributed by atoms with E-state index in [1.54, 1.807) is 0 Å². The van der Waals surface area contributed by atoms with Gasteiger partial charge >= 0.3 is 6.16 Å². The number of aromatic nitrogens is 2. The lowest BCUT2D eigenvalue weighted by Gasteiger charge is -2.02. The predicted octanol–water partition coefficient (Wildman–Crippen LogP) is 1.99. The van der Waals surface area contributed by atoms with Gasteiger partial charge in [0.25, 0.3) is 5.56 Å². The van der Waals surface area contributed by atoms with Gasteiger partial charge in [-0.25, -0.2) is 18.7 Å². The van der Waals surface area contributed by atoms with Crippen LogP contribution in [0.15, 0.2) is 41.5 Å². The maximum absolute atomic E-state index is 12.7. The van der Waals surface area contributed by atoms with Crippen molar-refractivity contribution in [1.82, 2.24) is 9.55 Å². The van der Waals surface area contributed by atoms with Gasteiger partial charge in [-0.05, 0) is 24.3 Å². The summed E-state index contributed by atoms with van der Waals surface area (Å²) in [7, 11) is 0. The Morgan fingerprint density at radius 2 is 1.88 bits per heavy atom. The van der Waals surface area contributed by atoms with E-state index in [1.165, 1.54) is 12.1 Å². The van der Waals surface area contributed by atoms with Gasteiger partial charge in [0.05, 0.1) is 0 Å². The summed E-state index contributed by atoms with van der Waals surface area (Å²) in [5.41, 5.74) is -0.683. The molecule has 0 N–H and O–H groups in total. The molecule has 86 valence electrons. The van der Waals surface area contributed by atoms with Crippen molar-refractivity contribution in [3.63, 3.8) is 0 Å². The van der Waals surface area contributed by atoms with Gasteiger partial charge in [0.2, 0.25) is 0 Å². The Bertz CT molecular complexity index is 620. The molecule has 0 atom stereocenters. The molecule has 0 aliphatic heterocycles. The van der Waals surface area contributed by atoms with Gasteiger partial charge in [-0.2, -0.15) is 0 Å². The molecule has 0 saturated carbocycles. The summed E-state index contributed by atoms with van der Waals surface area (Å²) in [6.07, 6.45) is 0.163. The van der Waals surface area contributed by atoms with E-state index in [-0.39, 0.29) is 5.69 Å². The van der Waals surface area contributed by atoms with Crippen LogP contribution in [0, 0.1) is 5.82 Å². The fourth-order valence-corrected chi connectivity index (χ4v) is 1.36. The van der Waals surface area contributed by atoms with Crippen molar-refractivity contribution < 1.29 is 13.6 Å². The Hall–Kier alpha value is -2.37. The Morgan fingerprint density at radius 1 is 1.24 bits per heavy atom. The van der Waals surface area contributed by atoms with Crippen LogP contribution >= 0.6 is 0 Å². The highest BCUT2D eigenvalue weighted by molar-refractivity contribution is 5.70. The average Bonchev–Trinajstić information content (AvgIpc) is 2.30. The van der Waals surface area contributed by atoms with Gasteiger partial charge in [0.15, 0.2) is 0 Å². The first kappa shape index (κ1) is 11.1. The third-order valence-electron chi connectivity index (χ3n) is 2.15. The quantitative estimate of drug-likeness (QED) is 0.711. The summed E-state index contributed by atoms with van der Waals surface area (Å²) in [5, 5.41) is 0. The molecule has 1 heterocycles. The molecule has 2 rings (SSSR count). The van der Waals surface area contributed by atoms with Gasteiger partial charge in [-0.3, -0.25) is 4.79 Å². The largest absolute Gasteiger partial charge is 0.411 e. The minimum Gasteiger partial charge on any atom is -0.266 e. The fourth-order valence-electron chi connectivity index (χ4n) is 1.36. The molecule has 0 aliphatic carbocycles. The first-order chi connectivity index (χ1) is 8.09. The van der Waals surface area contributed by atoms with Gasteiger partial charge in [-0.1, -0.05) is 0 Å². The van der Waals surface area contributed by atoms with Crippen LogP contribution < -0.4 is 5.56 Å². The van der Waals surface area contributed by atoms with Gasteiger partial charge in [0.1, 0.15) is 11.5 Å². The highest BCUT2D eigenvalue weighted by Crippen LogP contribution is 2.12. The highest BCUT2D eigenvalue weighted by Gasteiger charge is 2.11. The second kappa shape index (κ2) is 4.25. The molecule has 0 bridgehead atoms. The molecule has 1 aromatic heterocycles. The van der Waals surface area contributed by atoms with E-state index < -0.39 is 17.5 Å². The smallest absolute Gasteiger partial charge is 0.266 e. The molecule has 0 unspecified atom stereocenters. The third kappa shape index (κ3) is 2.10. The van der Waals surface area contributed by atoms with E-state index in [1.807, 2.05) is 0 Å². The summed E-state index contributed by atoms with van der Waals surface area (Å²) >= 11 is 0. The molecule has 0 aliphatic rings. The van der Waals surface area contributed by atoms with Crippen LogP contribution in [0.2, 0.25) is 0 Å². The van der Waals surface area contributed by atoms with Crippen LogP contribution in [0.3, 0.4) is 0 Å². The molecule has 0 saturated heterocycles. The van der Waals surface area contributed by atoms with Gasteiger partial charge in [-0.15, -0.1) is 4.39 Å². The Labute approximate surface area is 94.2 Å². The molecule has 0 fully saturated rings. The monoisotopic (exact) mass is 236 g/mol. The summed E-state index contributed by atoms with van der Waals surface area (Å²) < 4.78 is 25.5. The van der Waals surface area contributed by atoms with E-state index in [9.17, 15) is 18.4 Å². The molecule has 4 nitrogen and oxygen atoms in total. The Balaban J connectivity index is 2.61. The number of halogens is 2. The zero-order valence-corrected chi connectivity index (χ0v) is 8.43. The van der Waals surface area contributed by atoms with E-state index in [4.69, 9.17) is 0 Å². The van der Waals surface area contributed by atoms with Crippen molar-refractivity contribution in [2.24, 2.45) is 0 Å². The van der Waals surface area contributed by atoms with E-state index in [0.29, 0.717) is 10.1 Å². The number of hydrogen-bond donors (Lipinski definition) is 0. The van der Waals surface area contributed by atoms with Crippen LogP contribution in [-0.2, 0) is 0 Å². The number of rotatable bonds is 1. The second-order valence-electron chi connectivity index (χ2n) is 3.21. The highest BCUT2D eigenvalue weighted by atomic mass is 19.1. The molecular weight excluding hydrogens is 230 g/mol. The predicted molar refractivity (Wildman–Crippen MR) is 55.8 cm³/mol. The molecule has 6 heteroatoms. The lowest BCUT2D eigenvalue weighted by Crippen LogP contribution is -2.25. The van der Waals surface area contributed by atoms with Crippen LogP contribution in [0.5, 0.6) is 0 Å². The summed E-state index contributed by atoms with van der Waals surface area (Å²) in [6.45, 7) is 0. The van der Waals surface area contributed by atoms with Crippen LogP contribution in [-0.4, -0.2) is 15.7 Å². The number of benzene rings is 1. The zero-order valence-electron chi connectivity index (χ0n) is 8.43. The first-order valence-electron chi connectivity index (χ1n) is 4.63. The number of carbonyl (C=O) groups excluding carboxylic acids is 1. The molecule has 0 spiro atoms. The van der Waals surface area contributed by atoms with Crippen molar-refractivity contribution in [3.05, 3.63) is 52.8 Å². The first-order valence-corrected chi connectivity index (χ1v) is 4.63. The second-order valence-corrected chi connectivity index (χ2v) is 3.21. The molecular formula is C11H6F2N2O2. The van der Waals surface area contributed by atoms with Crippen molar-refractivity contribution >= 4 is 6.16 Å². The molecule has 1 aromatic carbocycles. The number of hydrogen-bond acceptors (Lipinski definition) is 3. The van der Waals surface area contributed by atoms with E-state index in [2.05, 4.69) is 4.98 Å². The lowest BCUT2D eigenvalue weighted by molar-refractivity contribution is 0.222. The molecule has 0 radical (unpaired) electrons. The molecule has 2 aromatic rings. The number of carbonyl (C=O) groups is 1. The van der Waals surface area contributed by atoms with Crippen LogP contribution in [0.25, 0.3) is 11.3 Å².